The molecule has 2 aromatic rings. The van der Waals surface area contributed by atoms with E-state index in [1.54, 1.807) is 19.3 Å². The summed E-state index contributed by atoms with van der Waals surface area (Å²) in [5, 5.41) is 3.28. The van der Waals surface area contributed by atoms with Gasteiger partial charge in [-0.15, -0.1) is 0 Å². The minimum atomic E-state index is -0.529. The number of aromatic nitrogens is 2. The molecule has 0 atom stereocenters. The lowest BCUT2D eigenvalue weighted by Crippen LogP contribution is -2.38. The van der Waals surface area contributed by atoms with Crippen LogP contribution in [0.1, 0.15) is 21.7 Å². The molecule has 0 aromatic carbocycles. The zero-order valence-electron chi connectivity index (χ0n) is 14.0. The number of nitrogens with zero attached hydrogens (tertiary/aromatic N) is 4. The number of nitrogens with two attached hydrogens (primary N) is 1. The van der Waals surface area contributed by atoms with E-state index in [-0.39, 0.29) is 5.69 Å². The highest BCUT2D eigenvalue weighted by Gasteiger charge is 2.10. The lowest BCUT2D eigenvalue weighted by Gasteiger charge is -2.22. The highest BCUT2D eigenvalue weighted by atomic mass is 79.9. The van der Waals surface area contributed by atoms with Gasteiger partial charge in [-0.05, 0) is 33.6 Å². The first-order chi connectivity index (χ1) is 11.4. The SMILES string of the molecule is CN=C(NCc1ccc(C(N)=O)nc1)N(C)Cc1cc(Br)cn1C. The molecule has 0 spiro atoms. The molecule has 0 fully saturated rings. The molecule has 0 unspecified atom stereocenters. The molecule has 128 valence electrons. The Hall–Kier alpha value is -2.35. The molecule has 0 aliphatic heterocycles. The molecular formula is C16H21BrN6O. The van der Waals surface area contributed by atoms with Crippen LogP contribution in [0, 0.1) is 0 Å². The summed E-state index contributed by atoms with van der Waals surface area (Å²) in [6.07, 6.45) is 3.65. The van der Waals surface area contributed by atoms with Gasteiger partial charge in [-0.3, -0.25) is 14.8 Å². The van der Waals surface area contributed by atoms with E-state index in [4.69, 9.17) is 5.73 Å². The van der Waals surface area contributed by atoms with Gasteiger partial charge in [0.2, 0.25) is 0 Å². The molecule has 24 heavy (non-hydrogen) atoms. The highest BCUT2D eigenvalue weighted by molar-refractivity contribution is 9.10. The third-order valence-electron chi connectivity index (χ3n) is 3.57. The molecule has 0 radical (unpaired) electrons. The molecule has 0 saturated heterocycles. The van der Waals surface area contributed by atoms with Crippen LogP contribution in [0.3, 0.4) is 0 Å². The first kappa shape index (κ1) is 18.0. The van der Waals surface area contributed by atoms with Crippen molar-refractivity contribution in [3.05, 3.63) is 52.0 Å². The quantitative estimate of drug-likeness (QED) is 0.595. The van der Waals surface area contributed by atoms with Crippen molar-refractivity contribution >= 4 is 27.8 Å². The molecule has 8 heteroatoms. The molecule has 2 heterocycles. The lowest BCUT2D eigenvalue weighted by molar-refractivity contribution is 0.0995. The Morgan fingerprint density at radius 1 is 1.50 bits per heavy atom. The van der Waals surface area contributed by atoms with Gasteiger partial charge in [-0.1, -0.05) is 6.07 Å². The average molecular weight is 393 g/mol. The van der Waals surface area contributed by atoms with Gasteiger partial charge in [0.25, 0.3) is 5.91 Å². The summed E-state index contributed by atoms with van der Waals surface area (Å²) in [6, 6.07) is 5.52. The number of hydrogen-bond acceptors (Lipinski definition) is 3. The fourth-order valence-electron chi connectivity index (χ4n) is 2.28. The topological polar surface area (TPSA) is 88.5 Å². The number of amides is 1. The first-order valence-electron chi connectivity index (χ1n) is 7.38. The van der Waals surface area contributed by atoms with Gasteiger partial charge in [0.05, 0.1) is 6.54 Å². The van der Waals surface area contributed by atoms with Crippen molar-refractivity contribution in [2.75, 3.05) is 14.1 Å². The van der Waals surface area contributed by atoms with E-state index in [1.165, 1.54) is 5.69 Å². The number of carbonyl (C=O) groups is 1. The number of nitrogens with one attached hydrogen (secondary N) is 1. The molecule has 7 nitrogen and oxygen atoms in total. The molecule has 3 N–H and O–H groups in total. The second-order valence-corrected chi connectivity index (χ2v) is 6.35. The van der Waals surface area contributed by atoms with Crippen LogP contribution in [0.5, 0.6) is 0 Å². The van der Waals surface area contributed by atoms with Gasteiger partial charge in [-0.25, -0.2) is 0 Å². The number of carbonyl (C=O) groups excluding carboxylic acids is 1. The van der Waals surface area contributed by atoms with Gasteiger partial charge < -0.3 is 20.5 Å². The Balaban J connectivity index is 1.96. The van der Waals surface area contributed by atoms with Crippen LogP contribution in [0.25, 0.3) is 0 Å². The summed E-state index contributed by atoms with van der Waals surface area (Å²) in [5.41, 5.74) is 7.55. The normalized spacial score (nSPS) is 11.4. The fourth-order valence-corrected chi connectivity index (χ4v) is 2.85. The fraction of sp³-hybridized carbons (Fsp3) is 0.312. The van der Waals surface area contributed by atoms with Gasteiger partial charge in [0, 0.05) is 50.2 Å². The number of guanidine groups is 1. The molecule has 2 aromatic heterocycles. The smallest absolute Gasteiger partial charge is 0.267 e. The summed E-state index contributed by atoms with van der Waals surface area (Å²) < 4.78 is 3.12. The highest BCUT2D eigenvalue weighted by Crippen LogP contribution is 2.15. The largest absolute Gasteiger partial charge is 0.364 e. The first-order valence-corrected chi connectivity index (χ1v) is 8.17. The van der Waals surface area contributed by atoms with E-state index in [1.807, 2.05) is 31.3 Å². The average Bonchev–Trinajstić information content (AvgIpc) is 2.85. The lowest BCUT2D eigenvalue weighted by atomic mass is 10.2. The maximum absolute atomic E-state index is 11.0. The number of aliphatic imine (C=N–C) groups is 1. The second kappa shape index (κ2) is 7.96. The van der Waals surface area contributed by atoms with Gasteiger partial charge >= 0.3 is 0 Å². The molecule has 0 saturated carbocycles. The second-order valence-electron chi connectivity index (χ2n) is 5.43. The van der Waals surface area contributed by atoms with Crippen LogP contribution in [0.4, 0.5) is 0 Å². The van der Waals surface area contributed by atoms with Crippen LogP contribution in [0.15, 0.2) is 40.1 Å². The number of pyridine rings is 1. The van der Waals surface area contributed by atoms with Crippen LogP contribution in [0.2, 0.25) is 0 Å². The van der Waals surface area contributed by atoms with Gasteiger partial charge in [-0.2, -0.15) is 0 Å². The molecule has 0 aliphatic carbocycles. The predicted octanol–water partition coefficient (Wildman–Crippen LogP) is 1.49. The van der Waals surface area contributed by atoms with Gasteiger partial charge in [0.15, 0.2) is 5.96 Å². The van der Waals surface area contributed by atoms with E-state index in [2.05, 4.69) is 41.9 Å². The van der Waals surface area contributed by atoms with Crippen molar-refractivity contribution in [2.24, 2.45) is 17.8 Å². The standard InChI is InChI=1S/C16H21BrN6O/c1-19-16(23(3)10-13-6-12(17)9-22(13)2)21-8-11-4-5-14(15(18)24)20-7-11/h4-7,9H,8,10H2,1-3H3,(H2,18,24)(H,19,21). The summed E-state index contributed by atoms with van der Waals surface area (Å²) in [4.78, 5) is 21.4. The van der Waals surface area contributed by atoms with E-state index in [0.29, 0.717) is 6.54 Å². The number of hydrogen-bond donors (Lipinski definition) is 2. The van der Waals surface area contributed by atoms with Crippen molar-refractivity contribution in [3.63, 3.8) is 0 Å². The Kier molecular flexibility index (Phi) is 5.97. The summed E-state index contributed by atoms with van der Waals surface area (Å²) in [7, 11) is 5.73. The van der Waals surface area contributed by atoms with E-state index >= 15 is 0 Å². The van der Waals surface area contributed by atoms with Crippen molar-refractivity contribution in [1.29, 1.82) is 0 Å². The molecular weight excluding hydrogens is 372 g/mol. The molecule has 0 aliphatic rings. The third kappa shape index (κ3) is 4.58. The zero-order chi connectivity index (χ0) is 17.7. The number of primary amides is 1. The van der Waals surface area contributed by atoms with Crippen molar-refractivity contribution in [1.82, 2.24) is 19.8 Å². The van der Waals surface area contributed by atoms with Crippen LogP contribution >= 0.6 is 15.9 Å². The minimum Gasteiger partial charge on any atom is -0.364 e. The predicted molar refractivity (Wildman–Crippen MR) is 97.5 cm³/mol. The Bertz CT molecular complexity index is 738. The number of rotatable bonds is 5. The van der Waals surface area contributed by atoms with Crippen molar-refractivity contribution in [2.45, 2.75) is 13.1 Å². The summed E-state index contributed by atoms with van der Waals surface area (Å²) >= 11 is 3.48. The van der Waals surface area contributed by atoms with Crippen molar-refractivity contribution in [3.8, 4) is 0 Å². The maximum atomic E-state index is 11.0. The zero-order valence-corrected chi connectivity index (χ0v) is 15.5. The molecule has 0 bridgehead atoms. The van der Waals surface area contributed by atoms with Crippen molar-refractivity contribution < 1.29 is 4.79 Å². The minimum absolute atomic E-state index is 0.259. The molecule has 2 rings (SSSR count). The molecule has 1 amide bonds. The van der Waals surface area contributed by atoms with Crippen LogP contribution in [-0.2, 0) is 20.1 Å². The number of aryl methyl sites for hydroxylation is 1. The Morgan fingerprint density at radius 3 is 2.75 bits per heavy atom. The summed E-state index contributed by atoms with van der Waals surface area (Å²) in [5.74, 6) is 0.241. The monoisotopic (exact) mass is 392 g/mol. The van der Waals surface area contributed by atoms with E-state index in [9.17, 15) is 4.79 Å². The number of halogens is 1. The van der Waals surface area contributed by atoms with E-state index in [0.717, 1.165) is 22.5 Å². The Labute approximate surface area is 149 Å². The maximum Gasteiger partial charge on any atom is 0.267 e. The van der Waals surface area contributed by atoms with E-state index < -0.39 is 5.91 Å². The third-order valence-corrected chi connectivity index (χ3v) is 4.01. The summed E-state index contributed by atoms with van der Waals surface area (Å²) in [6.45, 7) is 1.28. The van der Waals surface area contributed by atoms with Crippen LogP contribution < -0.4 is 11.1 Å². The Morgan fingerprint density at radius 2 is 2.25 bits per heavy atom. The van der Waals surface area contributed by atoms with Gasteiger partial charge in [0.1, 0.15) is 5.69 Å². The van der Waals surface area contributed by atoms with Crippen LogP contribution in [-0.4, -0.2) is 40.4 Å².